The predicted molar refractivity (Wildman–Crippen MR) is 170 cm³/mol. The van der Waals surface area contributed by atoms with Crippen LogP contribution in [0.15, 0.2) is 146 Å². The number of rotatable bonds is 4. The molecular formula is C37H24N2S. The minimum absolute atomic E-state index is 0.961. The monoisotopic (exact) mass is 528 g/mol. The average molecular weight is 529 g/mol. The first kappa shape index (κ1) is 22.9. The van der Waals surface area contributed by atoms with E-state index < -0.39 is 0 Å². The molecule has 0 unspecified atom stereocenters. The van der Waals surface area contributed by atoms with Gasteiger partial charge in [-0.15, -0.1) is 11.3 Å². The van der Waals surface area contributed by atoms with Gasteiger partial charge in [-0.25, -0.2) is 4.98 Å². The van der Waals surface area contributed by atoms with E-state index in [-0.39, 0.29) is 0 Å². The Morgan fingerprint density at radius 2 is 1.20 bits per heavy atom. The largest absolute Gasteiger partial charge is 0.292 e. The van der Waals surface area contributed by atoms with Crippen molar-refractivity contribution < 1.29 is 0 Å². The van der Waals surface area contributed by atoms with E-state index in [4.69, 9.17) is 4.98 Å². The Morgan fingerprint density at radius 3 is 2.05 bits per heavy atom. The van der Waals surface area contributed by atoms with Gasteiger partial charge < -0.3 is 0 Å². The normalized spacial score (nSPS) is 11.5. The molecule has 188 valence electrons. The topological polar surface area (TPSA) is 17.8 Å². The second kappa shape index (κ2) is 9.33. The molecule has 2 heterocycles. The molecule has 0 saturated heterocycles. The number of nitrogens with zero attached hydrogens (tertiary/aromatic N) is 2. The van der Waals surface area contributed by atoms with Crippen molar-refractivity contribution in [3.05, 3.63) is 146 Å². The molecule has 0 spiro atoms. The van der Waals surface area contributed by atoms with Crippen LogP contribution in [0, 0.1) is 0 Å². The summed E-state index contributed by atoms with van der Waals surface area (Å²) in [7, 11) is 0. The second-order valence-electron chi connectivity index (χ2n) is 10.0. The Morgan fingerprint density at radius 1 is 0.500 bits per heavy atom. The summed E-state index contributed by atoms with van der Waals surface area (Å²) in [6.07, 6.45) is 0. The Balaban J connectivity index is 1.45. The first-order chi connectivity index (χ1) is 19.8. The highest BCUT2D eigenvalue weighted by atomic mass is 32.1. The summed E-state index contributed by atoms with van der Waals surface area (Å²) in [6.45, 7) is 0. The third-order valence-corrected chi connectivity index (χ3v) is 8.86. The van der Waals surface area contributed by atoms with E-state index in [2.05, 4.69) is 150 Å². The zero-order chi connectivity index (χ0) is 26.5. The lowest BCUT2D eigenvalue weighted by Gasteiger charge is -2.17. The van der Waals surface area contributed by atoms with Crippen LogP contribution in [-0.4, -0.2) is 9.55 Å². The summed E-state index contributed by atoms with van der Waals surface area (Å²) in [4.78, 5) is 5.26. The molecule has 0 aliphatic carbocycles. The Bertz CT molecular complexity index is 2150. The summed E-state index contributed by atoms with van der Waals surface area (Å²) < 4.78 is 4.92. The van der Waals surface area contributed by atoms with Gasteiger partial charge in [-0.2, -0.15) is 0 Å². The highest BCUT2D eigenvalue weighted by molar-refractivity contribution is 7.26. The molecule has 0 N–H and O–H groups in total. The summed E-state index contributed by atoms with van der Waals surface area (Å²) in [5, 5.41) is 2.57. The molecular weight excluding hydrogens is 504 g/mol. The molecule has 40 heavy (non-hydrogen) atoms. The van der Waals surface area contributed by atoms with Crippen molar-refractivity contribution in [1.82, 2.24) is 9.55 Å². The second-order valence-corrected chi connectivity index (χ2v) is 11.1. The molecule has 0 bridgehead atoms. The number of benzene rings is 6. The van der Waals surface area contributed by atoms with E-state index in [9.17, 15) is 0 Å². The molecule has 0 aliphatic rings. The first-order valence-corrected chi connectivity index (χ1v) is 14.3. The minimum Gasteiger partial charge on any atom is -0.292 e. The van der Waals surface area contributed by atoms with Crippen molar-refractivity contribution >= 4 is 42.5 Å². The van der Waals surface area contributed by atoms with Crippen LogP contribution in [0.2, 0.25) is 0 Å². The zero-order valence-corrected chi connectivity index (χ0v) is 22.5. The predicted octanol–water partition coefficient (Wildman–Crippen LogP) is 10.4. The number of aromatic nitrogens is 2. The lowest BCUT2D eigenvalue weighted by atomic mass is 9.97. The third-order valence-electron chi connectivity index (χ3n) is 7.64. The fourth-order valence-electron chi connectivity index (χ4n) is 5.76. The number of thiophene rings is 1. The summed E-state index contributed by atoms with van der Waals surface area (Å²) in [5.74, 6) is 0.961. The van der Waals surface area contributed by atoms with Crippen molar-refractivity contribution in [1.29, 1.82) is 0 Å². The number of imidazole rings is 1. The SMILES string of the molecule is c1ccc(-c2ccc(-n3c(-c4cccc5c4sc4ccccc45)nc4ccccc43)c(-c3ccccc3)c2)cc1. The Hall–Kier alpha value is -4.99. The molecule has 0 fully saturated rings. The van der Waals surface area contributed by atoms with Gasteiger partial charge in [0.15, 0.2) is 0 Å². The van der Waals surface area contributed by atoms with E-state index in [1.165, 1.54) is 42.4 Å². The third kappa shape index (κ3) is 3.67. The van der Waals surface area contributed by atoms with Gasteiger partial charge >= 0.3 is 0 Å². The quantitative estimate of drug-likeness (QED) is 0.222. The lowest BCUT2D eigenvalue weighted by molar-refractivity contribution is 1.11. The smallest absolute Gasteiger partial charge is 0.147 e. The van der Waals surface area contributed by atoms with Gasteiger partial charge in [0.05, 0.1) is 16.7 Å². The molecule has 2 nitrogen and oxygen atoms in total. The molecule has 0 aliphatic heterocycles. The maximum absolute atomic E-state index is 5.26. The maximum Gasteiger partial charge on any atom is 0.147 e. The van der Waals surface area contributed by atoms with E-state index in [1.54, 1.807) is 0 Å². The Labute approximate surface area is 236 Å². The molecule has 0 saturated carbocycles. The highest BCUT2D eigenvalue weighted by Crippen LogP contribution is 2.42. The van der Waals surface area contributed by atoms with Crippen molar-refractivity contribution in [3.8, 4) is 39.3 Å². The highest BCUT2D eigenvalue weighted by Gasteiger charge is 2.20. The molecule has 0 radical (unpaired) electrons. The molecule has 8 aromatic rings. The summed E-state index contributed by atoms with van der Waals surface area (Å²) >= 11 is 1.84. The Kier molecular flexibility index (Phi) is 5.35. The molecule has 2 aromatic heterocycles. The van der Waals surface area contributed by atoms with Crippen LogP contribution in [0.1, 0.15) is 0 Å². The van der Waals surface area contributed by atoms with Crippen LogP contribution in [0.3, 0.4) is 0 Å². The molecule has 6 aromatic carbocycles. The van der Waals surface area contributed by atoms with Crippen LogP contribution in [0.4, 0.5) is 0 Å². The lowest BCUT2D eigenvalue weighted by Crippen LogP contribution is -2.01. The van der Waals surface area contributed by atoms with Gasteiger partial charge in [0.2, 0.25) is 0 Å². The van der Waals surface area contributed by atoms with Gasteiger partial charge in [0.1, 0.15) is 5.82 Å². The van der Waals surface area contributed by atoms with E-state index in [0.29, 0.717) is 0 Å². The van der Waals surface area contributed by atoms with E-state index >= 15 is 0 Å². The standard InChI is InChI=1S/C37H24N2S/c1-3-12-25(13-4-1)27-22-23-33(31(24-27)26-14-5-2-6-15-26)39-34-20-9-8-19-32(34)38-37(39)30-18-11-17-29-28-16-7-10-21-35(28)40-36(29)30/h1-24H. The van der Waals surface area contributed by atoms with Crippen LogP contribution in [-0.2, 0) is 0 Å². The summed E-state index contributed by atoms with van der Waals surface area (Å²) in [5.41, 5.74) is 9.11. The van der Waals surface area contributed by atoms with Gasteiger partial charge in [0, 0.05) is 31.3 Å². The number of para-hydroxylation sites is 2. The molecule has 3 heteroatoms. The maximum atomic E-state index is 5.26. The average Bonchev–Trinajstić information content (AvgIpc) is 3.60. The zero-order valence-electron chi connectivity index (χ0n) is 21.7. The minimum atomic E-state index is 0.961. The fraction of sp³-hybridized carbons (Fsp3) is 0. The molecule has 0 amide bonds. The fourth-order valence-corrected chi connectivity index (χ4v) is 6.98. The van der Waals surface area contributed by atoms with Crippen LogP contribution < -0.4 is 0 Å². The first-order valence-electron chi connectivity index (χ1n) is 13.5. The van der Waals surface area contributed by atoms with Crippen molar-refractivity contribution in [2.24, 2.45) is 0 Å². The van der Waals surface area contributed by atoms with Crippen molar-refractivity contribution in [2.45, 2.75) is 0 Å². The van der Waals surface area contributed by atoms with Gasteiger partial charge in [0.25, 0.3) is 0 Å². The number of hydrogen-bond acceptors (Lipinski definition) is 2. The van der Waals surface area contributed by atoms with E-state index in [0.717, 1.165) is 28.1 Å². The van der Waals surface area contributed by atoms with Crippen LogP contribution in [0.25, 0.3) is 70.5 Å². The van der Waals surface area contributed by atoms with Crippen LogP contribution >= 0.6 is 11.3 Å². The summed E-state index contributed by atoms with van der Waals surface area (Å²) in [6, 6.07) is 51.8. The van der Waals surface area contributed by atoms with Gasteiger partial charge in [-0.05, 0) is 53.1 Å². The van der Waals surface area contributed by atoms with Gasteiger partial charge in [-0.1, -0.05) is 109 Å². The van der Waals surface area contributed by atoms with Crippen LogP contribution in [0.5, 0.6) is 0 Å². The van der Waals surface area contributed by atoms with Crippen molar-refractivity contribution in [2.75, 3.05) is 0 Å². The van der Waals surface area contributed by atoms with Crippen molar-refractivity contribution in [3.63, 3.8) is 0 Å². The molecule has 8 rings (SSSR count). The molecule has 0 atom stereocenters. The number of hydrogen-bond donors (Lipinski definition) is 0. The van der Waals surface area contributed by atoms with Gasteiger partial charge in [-0.3, -0.25) is 4.57 Å². The van der Waals surface area contributed by atoms with E-state index in [1.807, 2.05) is 11.3 Å². The number of fused-ring (bicyclic) bond motifs is 4.